The van der Waals surface area contributed by atoms with Crippen LogP contribution in [0.3, 0.4) is 0 Å². The first kappa shape index (κ1) is 28.1. The zero-order chi connectivity index (χ0) is 28.1. The Morgan fingerprint density at radius 2 is 1.55 bits per heavy atom. The Morgan fingerprint density at radius 1 is 0.850 bits per heavy atom. The number of aromatic carboxylic acids is 1. The first-order valence-electron chi connectivity index (χ1n) is 13.3. The zero-order valence-electron chi connectivity index (χ0n) is 22.3. The SMILES string of the molecule is CC1C(CSc2ccc(C(=O)O)cc2)OC(c2cccc(-c3cccc(CN)c3)c2)OC1c1ccc(CO)cc1. The van der Waals surface area contributed by atoms with E-state index in [1.807, 2.05) is 60.7 Å². The molecule has 7 heteroatoms. The van der Waals surface area contributed by atoms with Crippen molar-refractivity contribution in [2.45, 2.75) is 43.5 Å². The third-order valence-corrected chi connectivity index (χ3v) is 8.39. The number of ether oxygens (including phenoxy) is 2. The van der Waals surface area contributed by atoms with E-state index in [1.54, 1.807) is 23.9 Å². The second-order valence-electron chi connectivity index (χ2n) is 9.99. The summed E-state index contributed by atoms with van der Waals surface area (Å²) < 4.78 is 13.2. The second kappa shape index (κ2) is 12.8. The van der Waals surface area contributed by atoms with Crippen LogP contribution in [0.4, 0.5) is 0 Å². The molecule has 5 rings (SSSR count). The summed E-state index contributed by atoms with van der Waals surface area (Å²) >= 11 is 1.64. The van der Waals surface area contributed by atoms with Crippen LogP contribution in [0, 0.1) is 5.92 Å². The van der Waals surface area contributed by atoms with Gasteiger partial charge in [0.25, 0.3) is 0 Å². The summed E-state index contributed by atoms with van der Waals surface area (Å²) in [6.45, 7) is 2.61. The molecule has 1 aliphatic heterocycles. The molecule has 0 aliphatic carbocycles. The summed E-state index contributed by atoms with van der Waals surface area (Å²) in [7, 11) is 0. The summed E-state index contributed by atoms with van der Waals surface area (Å²) in [6.07, 6.45) is -0.915. The van der Waals surface area contributed by atoms with Crippen molar-refractivity contribution in [3.8, 4) is 11.1 Å². The first-order valence-corrected chi connectivity index (χ1v) is 14.3. The van der Waals surface area contributed by atoms with E-state index in [9.17, 15) is 15.0 Å². The van der Waals surface area contributed by atoms with Crippen molar-refractivity contribution < 1.29 is 24.5 Å². The van der Waals surface area contributed by atoms with Crippen molar-refractivity contribution in [1.82, 2.24) is 0 Å². The number of benzene rings is 4. The highest BCUT2D eigenvalue weighted by molar-refractivity contribution is 7.99. The van der Waals surface area contributed by atoms with E-state index in [-0.39, 0.29) is 30.3 Å². The van der Waals surface area contributed by atoms with Gasteiger partial charge in [-0.2, -0.15) is 0 Å². The minimum absolute atomic E-state index is 0.00875. The lowest BCUT2D eigenvalue weighted by molar-refractivity contribution is -0.268. The van der Waals surface area contributed by atoms with E-state index in [0.717, 1.165) is 38.3 Å². The summed E-state index contributed by atoms with van der Waals surface area (Å²) in [5.74, 6) is -0.212. The molecule has 1 saturated heterocycles. The number of carboxylic acids is 1. The van der Waals surface area contributed by atoms with E-state index in [0.29, 0.717) is 12.3 Å². The van der Waals surface area contributed by atoms with Crippen LogP contribution in [0.2, 0.25) is 0 Å². The van der Waals surface area contributed by atoms with Crippen LogP contribution >= 0.6 is 11.8 Å². The Hall–Kier alpha value is -3.46. The lowest BCUT2D eigenvalue weighted by Gasteiger charge is -2.41. The van der Waals surface area contributed by atoms with Gasteiger partial charge in [-0.05, 0) is 64.2 Å². The molecule has 4 atom stereocenters. The third kappa shape index (κ3) is 6.46. The molecule has 4 unspecified atom stereocenters. The van der Waals surface area contributed by atoms with Gasteiger partial charge in [-0.15, -0.1) is 11.8 Å². The fourth-order valence-electron chi connectivity index (χ4n) is 4.92. The van der Waals surface area contributed by atoms with Crippen molar-refractivity contribution in [2.75, 3.05) is 5.75 Å². The summed E-state index contributed by atoms with van der Waals surface area (Å²) in [4.78, 5) is 12.2. The molecule has 0 bridgehead atoms. The molecule has 40 heavy (non-hydrogen) atoms. The lowest BCUT2D eigenvalue weighted by atomic mass is 9.91. The van der Waals surface area contributed by atoms with Crippen molar-refractivity contribution in [2.24, 2.45) is 11.7 Å². The summed E-state index contributed by atoms with van der Waals surface area (Å²) in [6, 6.07) is 31.2. The Balaban J connectivity index is 1.42. The Labute approximate surface area is 238 Å². The van der Waals surface area contributed by atoms with Crippen LogP contribution < -0.4 is 5.73 Å². The van der Waals surface area contributed by atoms with E-state index in [1.165, 1.54) is 0 Å². The standard InChI is InChI=1S/C33H33NO5S/c1-21-30(20-40-29-14-12-25(13-15-29)32(36)37)38-33(39-31(21)24-10-8-22(19-35)9-11-24)28-7-3-6-27(17-28)26-5-2-4-23(16-26)18-34/h2-17,21,30-31,33,35H,18-20,34H2,1H3,(H,36,37). The van der Waals surface area contributed by atoms with Crippen molar-refractivity contribution in [1.29, 1.82) is 0 Å². The van der Waals surface area contributed by atoms with Gasteiger partial charge in [0.2, 0.25) is 0 Å². The highest BCUT2D eigenvalue weighted by Gasteiger charge is 2.38. The fourth-order valence-corrected chi connectivity index (χ4v) is 5.99. The third-order valence-electron chi connectivity index (χ3n) is 7.29. The van der Waals surface area contributed by atoms with Gasteiger partial charge in [-0.1, -0.05) is 67.6 Å². The molecule has 0 saturated carbocycles. The van der Waals surface area contributed by atoms with Crippen molar-refractivity contribution >= 4 is 17.7 Å². The summed E-state index contributed by atoms with van der Waals surface area (Å²) in [5.41, 5.74) is 12.2. The Bertz CT molecular complexity index is 1440. The Morgan fingerprint density at radius 3 is 2.23 bits per heavy atom. The van der Waals surface area contributed by atoms with Crippen molar-refractivity contribution in [3.63, 3.8) is 0 Å². The topological polar surface area (TPSA) is 102 Å². The molecule has 0 radical (unpaired) electrons. The smallest absolute Gasteiger partial charge is 0.335 e. The van der Waals surface area contributed by atoms with Crippen LogP contribution in [0.15, 0.2) is 102 Å². The number of aliphatic hydroxyl groups excluding tert-OH is 1. The van der Waals surface area contributed by atoms with Gasteiger partial charge in [0.05, 0.1) is 24.4 Å². The van der Waals surface area contributed by atoms with Crippen LogP contribution in [0.25, 0.3) is 11.1 Å². The highest BCUT2D eigenvalue weighted by atomic mass is 32.2. The van der Waals surface area contributed by atoms with E-state index >= 15 is 0 Å². The van der Waals surface area contributed by atoms with Gasteiger partial charge in [-0.3, -0.25) is 0 Å². The predicted molar refractivity (Wildman–Crippen MR) is 157 cm³/mol. The highest BCUT2D eigenvalue weighted by Crippen LogP contribution is 2.43. The predicted octanol–water partition coefficient (Wildman–Crippen LogP) is 6.59. The number of aliphatic hydroxyl groups is 1. The van der Waals surface area contributed by atoms with Crippen molar-refractivity contribution in [3.05, 3.63) is 125 Å². The van der Waals surface area contributed by atoms with Gasteiger partial charge >= 0.3 is 5.97 Å². The maximum atomic E-state index is 11.2. The number of rotatable bonds is 9. The molecule has 6 nitrogen and oxygen atoms in total. The summed E-state index contributed by atoms with van der Waals surface area (Å²) in [5, 5.41) is 18.7. The first-order chi connectivity index (χ1) is 19.4. The molecule has 4 aromatic carbocycles. The molecule has 0 aromatic heterocycles. The lowest BCUT2D eigenvalue weighted by Crippen LogP contribution is -2.38. The van der Waals surface area contributed by atoms with Crippen LogP contribution in [0.5, 0.6) is 0 Å². The number of carboxylic acid groups (broad SMARTS) is 1. The molecule has 1 aliphatic rings. The van der Waals surface area contributed by atoms with E-state index in [4.69, 9.17) is 15.2 Å². The molecular formula is C33H33NO5S. The van der Waals surface area contributed by atoms with E-state index in [2.05, 4.69) is 31.2 Å². The monoisotopic (exact) mass is 555 g/mol. The number of carbonyl (C=O) groups is 1. The van der Waals surface area contributed by atoms with Gasteiger partial charge in [0.1, 0.15) is 0 Å². The minimum Gasteiger partial charge on any atom is -0.478 e. The van der Waals surface area contributed by atoms with Crippen LogP contribution in [0.1, 0.15) is 51.9 Å². The fraction of sp³-hybridized carbons (Fsp3) is 0.242. The minimum atomic E-state index is -0.937. The molecule has 4 aromatic rings. The number of thioether (sulfide) groups is 1. The number of hydrogen-bond acceptors (Lipinski definition) is 6. The van der Waals surface area contributed by atoms with Gasteiger partial charge in [-0.25, -0.2) is 4.79 Å². The second-order valence-corrected chi connectivity index (χ2v) is 11.1. The maximum absolute atomic E-state index is 11.2. The molecule has 0 amide bonds. The molecule has 0 spiro atoms. The number of hydrogen-bond donors (Lipinski definition) is 3. The van der Waals surface area contributed by atoms with E-state index < -0.39 is 12.3 Å². The molecule has 4 N–H and O–H groups in total. The quantitative estimate of drug-likeness (QED) is 0.200. The average molecular weight is 556 g/mol. The zero-order valence-corrected chi connectivity index (χ0v) is 23.1. The largest absolute Gasteiger partial charge is 0.478 e. The molecular weight excluding hydrogens is 522 g/mol. The van der Waals surface area contributed by atoms with Gasteiger partial charge < -0.3 is 25.4 Å². The maximum Gasteiger partial charge on any atom is 0.335 e. The van der Waals surface area contributed by atoms with Gasteiger partial charge in [0, 0.05) is 28.7 Å². The number of nitrogens with two attached hydrogens (primary N) is 1. The van der Waals surface area contributed by atoms with Crippen LogP contribution in [-0.4, -0.2) is 28.0 Å². The molecule has 206 valence electrons. The average Bonchev–Trinajstić information content (AvgIpc) is 3.01. The normalized spacial score (nSPS) is 20.8. The van der Waals surface area contributed by atoms with Gasteiger partial charge in [0.15, 0.2) is 6.29 Å². The molecule has 1 heterocycles. The Kier molecular flexibility index (Phi) is 8.99. The molecule has 1 fully saturated rings. The van der Waals surface area contributed by atoms with Crippen LogP contribution in [-0.2, 0) is 22.6 Å².